The molecule has 0 aliphatic rings. The molecule has 168 valence electrons. The standard InChI is InChI=1S/C16H26N6O8/c1-3-30-16(29)9-22-15(28)8-21-14(27)7-20-13(26)6-19-12(25)5-18-11(24)4-17-10(2)23/h3-9H2,1-2H3,(H,17,23)(H,18,24)(H,19,25)(H,20,26)(H,21,27)(H,22,28). The molecule has 0 aromatic rings. The highest BCUT2D eigenvalue weighted by molar-refractivity contribution is 5.92. The molecular weight excluding hydrogens is 404 g/mol. The van der Waals surface area contributed by atoms with Gasteiger partial charge in [-0.2, -0.15) is 0 Å². The minimum Gasteiger partial charge on any atom is -0.465 e. The zero-order valence-corrected chi connectivity index (χ0v) is 16.7. The third-order valence-electron chi connectivity index (χ3n) is 3.02. The summed E-state index contributed by atoms with van der Waals surface area (Å²) < 4.78 is 4.61. The normalized spacial score (nSPS) is 9.53. The van der Waals surface area contributed by atoms with E-state index in [0.29, 0.717) is 0 Å². The van der Waals surface area contributed by atoms with Gasteiger partial charge in [0.2, 0.25) is 35.4 Å². The van der Waals surface area contributed by atoms with Crippen molar-refractivity contribution in [3.05, 3.63) is 0 Å². The van der Waals surface area contributed by atoms with Crippen LogP contribution in [0.4, 0.5) is 0 Å². The second-order valence-electron chi connectivity index (χ2n) is 5.60. The Labute approximate surface area is 172 Å². The number of ether oxygens (including phenoxy) is 1. The molecule has 0 bridgehead atoms. The van der Waals surface area contributed by atoms with E-state index in [1.54, 1.807) is 6.92 Å². The molecule has 6 N–H and O–H groups in total. The van der Waals surface area contributed by atoms with E-state index >= 15 is 0 Å². The van der Waals surface area contributed by atoms with Crippen LogP contribution in [-0.2, 0) is 38.3 Å². The fraction of sp³-hybridized carbons (Fsp3) is 0.562. The van der Waals surface area contributed by atoms with Crippen molar-refractivity contribution in [3.8, 4) is 0 Å². The monoisotopic (exact) mass is 430 g/mol. The summed E-state index contributed by atoms with van der Waals surface area (Å²) in [5.74, 6) is -4.18. The minimum absolute atomic E-state index is 0.179. The van der Waals surface area contributed by atoms with Crippen molar-refractivity contribution in [2.24, 2.45) is 0 Å². The van der Waals surface area contributed by atoms with E-state index in [4.69, 9.17) is 0 Å². The average Bonchev–Trinajstić information content (AvgIpc) is 2.70. The number of nitrogens with one attached hydrogen (secondary N) is 6. The Morgan fingerprint density at radius 1 is 0.533 bits per heavy atom. The Bertz CT molecular complexity index is 666. The molecule has 0 heterocycles. The molecule has 0 radical (unpaired) electrons. The summed E-state index contributed by atoms with van der Waals surface area (Å²) in [6.45, 7) is 0.759. The molecule has 14 nitrogen and oxygen atoms in total. The van der Waals surface area contributed by atoms with Crippen molar-refractivity contribution < 1.29 is 38.3 Å². The summed E-state index contributed by atoms with van der Waals surface area (Å²) in [4.78, 5) is 79.1. The third-order valence-corrected chi connectivity index (χ3v) is 3.02. The Kier molecular flexibility index (Phi) is 13.4. The summed E-state index contributed by atoms with van der Waals surface area (Å²) in [6, 6.07) is 0. The van der Waals surface area contributed by atoms with Crippen LogP contribution in [0.2, 0.25) is 0 Å². The summed E-state index contributed by atoms with van der Waals surface area (Å²) >= 11 is 0. The molecule has 0 saturated carbocycles. The fourth-order valence-corrected chi connectivity index (χ4v) is 1.62. The topological polar surface area (TPSA) is 201 Å². The van der Waals surface area contributed by atoms with E-state index in [1.807, 2.05) is 0 Å². The fourth-order valence-electron chi connectivity index (χ4n) is 1.62. The Hall–Kier alpha value is -3.71. The number of carbonyl (C=O) groups excluding carboxylic acids is 7. The number of carbonyl (C=O) groups is 7. The van der Waals surface area contributed by atoms with E-state index in [-0.39, 0.29) is 19.7 Å². The van der Waals surface area contributed by atoms with E-state index in [2.05, 4.69) is 36.6 Å². The summed E-state index contributed by atoms with van der Waals surface area (Å²) in [5.41, 5.74) is 0. The Balaban J connectivity index is 3.86. The lowest BCUT2D eigenvalue weighted by atomic mass is 10.4. The highest BCUT2D eigenvalue weighted by Crippen LogP contribution is 1.76. The molecule has 0 aliphatic carbocycles. The molecule has 0 spiro atoms. The van der Waals surface area contributed by atoms with Crippen LogP contribution in [0, 0.1) is 0 Å². The molecular formula is C16H26N6O8. The lowest BCUT2D eigenvalue weighted by Gasteiger charge is -2.09. The molecule has 6 amide bonds. The van der Waals surface area contributed by atoms with Gasteiger partial charge in [-0.05, 0) is 6.92 Å². The van der Waals surface area contributed by atoms with E-state index in [9.17, 15) is 33.6 Å². The van der Waals surface area contributed by atoms with Gasteiger partial charge in [0.15, 0.2) is 0 Å². The molecule has 30 heavy (non-hydrogen) atoms. The largest absolute Gasteiger partial charge is 0.465 e. The molecule has 0 saturated heterocycles. The summed E-state index contributed by atoms with van der Waals surface area (Å²) in [7, 11) is 0. The van der Waals surface area contributed by atoms with Gasteiger partial charge in [0.1, 0.15) is 6.54 Å². The number of rotatable bonds is 13. The van der Waals surface area contributed by atoms with Gasteiger partial charge in [0, 0.05) is 6.92 Å². The Morgan fingerprint density at radius 2 is 0.833 bits per heavy atom. The third kappa shape index (κ3) is 15.4. The molecule has 0 atom stereocenters. The van der Waals surface area contributed by atoms with Gasteiger partial charge in [-0.15, -0.1) is 0 Å². The van der Waals surface area contributed by atoms with Crippen LogP contribution >= 0.6 is 0 Å². The quantitative estimate of drug-likeness (QED) is 0.156. The zero-order valence-electron chi connectivity index (χ0n) is 16.7. The summed E-state index contributed by atoms with van der Waals surface area (Å²) in [5, 5.41) is 13.4. The second kappa shape index (κ2) is 15.2. The van der Waals surface area contributed by atoms with Crippen LogP contribution in [0.25, 0.3) is 0 Å². The van der Waals surface area contributed by atoms with Crippen molar-refractivity contribution in [1.29, 1.82) is 0 Å². The predicted molar refractivity (Wildman–Crippen MR) is 100 cm³/mol. The molecule has 0 rings (SSSR count). The van der Waals surface area contributed by atoms with Gasteiger partial charge in [0.25, 0.3) is 0 Å². The first kappa shape index (κ1) is 26.3. The van der Waals surface area contributed by atoms with E-state index in [0.717, 1.165) is 0 Å². The van der Waals surface area contributed by atoms with Gasteiger partial charge in [0.05, 0.1) is 39.3 Å². The van der Waals surface area contributed by atoms with Crippen LogP contribution < -0.4 is 31.9 Å². The molecule has 0 aliphatic heterocycles. The van der Waals surface area contributed by atoms with Gasteiger partial charge >= 0.3 is 5.97 Å². The number of esters is 1. The smallest absolute Gasteiger partial charge is 0.325 e. The van der Waals surface area contributed by atoms with Crippen molar-refractivity contribution in [3.63, 3.8) is 0 Å². The van der Waals surface area contributed by atoms with Crippen molar-refractivity contribution in [2.45, 2.75) is 13.8 Å². The first-order valence-electron chi connectivity index (χ1n) is 8.87. The molecule has 0 fully saturated rings. The van der Waals surface area contributed by atoms with Crippen LogP contribution in [0.5, 0.6) is 0 Å². The van der Waals surface area contributed by atoms with Crippen LogP contribution in [0.1, 0.15) is 13.8 Å². The first-order chi connectivity index (χ1) is 14.1. The maximum Gasteiger partial charge on any atom is 0.325 e. The second-order valence-corrected chi connectivity index (χ2v) is 5.60. The van der Waals surface area contributed by atoms with Crippen molar-refractivity contribution in [2.75, 3.05) is 45.9 Å². The molecule has 14 heteroatoms. The maximum atomic E-state index is 11.6. The number of amides is 6. The van der Waals surface area contributed by atoms with Crippen molar-refractivity contribution >= 4 is 41.4 Å². The Morgan fingerprint density at radius 3 is 1.13 bits per heavy atom. The van der Waals surface area contributed by atoms with Crippen LogP contribution in [-0.4, -0.2) is 87.3 Å². The van der Waals surface area contributed by atoms with Crippen LogP contribution in [0.3, 0.4) is 0 Å². The lowest BCUT2D eigenvalue weighted by molar-refractivity contribution is -0.143. The molecule has 0 aromatic carbocycles. The maximum absolute atomic E-state index is 11.6. The van der Waals surface area contributed by atoms with E-state index in [1.165, 1.54) is 6.92 Å². The van der Waals surface area contributed by atoms with Crippen LogP contribution in [0.15, 0.2) is 0 Å². The summed E-state index contributed by atoms with van der Waals surface area (Å²) in [6.07, 6.45) is 0. The van der Waals surface area contributed by atoms with Gasteiger partial charge in [-0.3, -0.25) is 33.6 Å². The highest BCUT2D eigenvalue weighted by atomic mass is 16.5. The van der Waals surface area contributed by atoms with Gasteiger partial charge in [-0.25, -0.2) is 0 Å². The number of hydrogen-bond acceptors (Lipinski definition) is 8. The van der Waals surface area contributed by atoms with Gasteiger partial charge in [-0.1, -0.05) is 0 Å². The highest BCUT2D eigenvalue weighted by Gasteiger charge is 2.11. The van der Waals surface area contributed by atoms with Gasteiger partial charge < -0.3 is 36.6 Å². The van der Waals surface area contributed by atoms with E-state index < -0.39 is 67.6 Å². The minimum atomic E-state index is -0.671. The zero-order chi connectivity index (χ0) is 22.9. The predicted octanol–water partition coefficient (Wildman–Crippen LogP) is -4.73. The first-order valence-corrected chi connectivity index (χ1v) is 8.87. The molecule has 0 aromatic heterocycles. The lowest BCUT2D eigenvalue weighted by Crippen LogP contribution is -2.46. The van der Waals surface area contributed by atoms with Crippen molar-refractivity contribution in [1.82, 2.24) is 31.9 Å². The molecule has 0 unspecified atom stereocenters. The average molecular weight is 430 g/mol. The SMILES string of the molecule is CCOC(=O)CNC(=O)CNC(=O)CNC(=O)CNC(=O)CNC(=O)CNC(C)=O. The number of hydrogen-bond donors (Lipinski definition) is 6.